The minimum atomic E-state index is -3.42. The Kier molecular flexibility index (Phi) is 3.25. The Bertz CT molecular complexity index is 465. The van der Waals surface area contributed by atoms with Gasteiger partial charge in [0.15, 0.2) is 0 Å². The highest BCUT2D eigenvalue weighted by atomic mass is 35.5. The van der Waals surface area contributed by atoms with Crippen molar-refractivity contribution >= 4 is 21.8 Å². The number of halogens is 1. The second-order valence-electron chi connectivity index (χ2n) is 3.60. The third-order valence-corrected chi connectivity index (χ3v) is 4.06. The van der Waals surface area contributed by atoms with Crippen molar-refractivity contribution in [2.75, 3.05) is 12.4 Å². The zero-order valence-electron chi connectivity index (χ0n) is 8.69. The Hall–Kier alpha value is -0.940. The monoisotopic (exact) mass is 260 g/mol. The average molecular weight is 261 g/mol. The predicted octanol–water partition coefficient (Wildman–Crippen LogP) is 1.49. The molecule has 6 heteroatoms. The van der Waals surface area contributed by atoms with Gasteiger partial charge in [-0.15, -0.1) is 11.6 Å². The summed E-state index contributed by atoms with van der Waals surface area (Å²) in [7, 11) is -3.42. The highest BCUT2D eigenvalue weighted by Crippen LogP contribution is 2.23. The van der Waals surface area contributed by atoms with Gasteiger partial charge in [0.1, 0.15) is 0 Å². The Morgan fingerprint density at radius 2 is 2.31 bits per heavy atom. The first kappa shape index (κ1) is 11.5. The molecule has 2 rings (SSSR count). The topological polar surface area (TPSA) is 49.4 Å². The predicted molar refractivity (Wildman–Crippen MR) is 64.0 cm³/mol. The van der Waals surface area contributed by atoms with Crippen LogP contribution in [0.5, 0.6) is 0 Å². The molecule has 0 amide bonds. The third kappa shape index (κ3) is 2.25. The van der Waals surface area contributed by atoms with Crippen molar-refractivity contribution in [1.29, 1.82) is 0 Å². The number of allylic oxidation sites excluding steroid dienone is 3. The molecule has 0 bridgehead atoms. The molecule has 0 atom stereocenters. The molecule has 1 heterocycles. The fourth-order valence-electron chi connectivity index (χ4n) is 1.62. The lowest BCUT2D eigenvalue weighted by Gasteiger charge is -2.29. The first-order valence-electron chi connectivity index (χ1n) is 5.08. The molecule has 0 aromatic carbocycles. The second kappa shape index (κ2) is 4.51. The molecule has 0 radical (unpaired) electrons. The minimum Gasteiger partial charge on any atom is -0.266 e. The van der Waals surface area contributed by atoms with Crippen LogP contribution in [0.25, 0.3) is 0 Å². The molecule has 1 aliphatic carbocycles. The molecule has 0 fully saturated rings. The molecular formula is C10H13ClN2O2S. The number of hydrogen-bond acceptors (Lipinski definition) is 2. The molecule has 0 aromatic heterocycles. The summed E-state index contributed by atoms with van der Waals surface area (Å²) >= 11 is 5.56. The molecule has 16 heavy (non-hydrogen) atoms. The van der Waals surface area contributed by atoms with E-state index >= 15 is 0 Å². The maximum atomic E-state index is 11.8. The van der Waals surface area contributed by atoms with E-state index < -0.39 is 10.2 Å². The zero-order chi connectivity index (χ0) is 11.6. The van der Waals surface area contributed by atoms with E-state index in [9.17, 15) is 8.42 Å². The van der Waals surface area contributed by atoms with Gasteiger partial charge in [-0.2, -0.15) is 8.42 Å². The van der Waals surface area contributed by atoms with Gasteiger partial charge in [0.2, 0.25) is 0 Å². The van der Waals surface area contributed by atoms with Crippen LogP contribution in [0.15, 0.2) is 35.7 Å². The molecule has 1 N–H and O–H groups in total. The lowest BCUT2D eigenvalue weighted by Crippen LogP contribution is -2.42. The van der Waals surface area contributed by atoms with Gasteiger partial charge in [-0.05, 0) is 12.8 Å². The van der Waals surface area contributed by atoms with E-state index in [0.29, 0.717) is 24.5 Å². The number of rotatable bonds is 3. The molecule has 4 nitrogen and oxygen atoms in total. The van der Waals surface area contributed by atoms with Crippen molar-refractivity contribution in [3.63, 3.8) is 0 Å². The first-order valence-corrected chi connectivity index (χ1v) is 7.05. The van der Waals surface area contributed by atoms with Gasteiger partial charge in [0.25, 0.3) is 0 Å². The van der Waals surface area contributed by atoms with Crippen LogP contribution in [0.1, 0.15) is 12.8 Å². The van der Waals surface area contributed by atoms with Crippen LogP contribution >= 0.6 is 11.6 Å². The summed E-state index contributed by atoms with van der Waals surface area (Å²) in [6.45, 7) is 0.406. The number of hydrogen-bond donors (Lipinski definition) is 1. The van der Waals surface area contributed by atoms with Crippen LogP contribution < -0.4 is 4.72 Å². The summed E-state index contributed by atoms with van der Waals surface area (Å²) in [5.41, 5.74) is 1.57. The van der Waals surface area contributed by atoms with Crippen molar-refractivity contribution in [3.8, 4) is 0 Å². The molecule has 88 valence electrons. The summed E-state index contributed by atoms with van der Waals surface area (Å²) in [5, 5.41) is 0. The molecule has 0 saturated carbocycles. The Morgan fingerprint density at radius 3 is 3.06 bits per heavy atom. The smallest absolute Gasteiger partial charge is 0.266 e. The van der Waals surface area contributed by atoms with Gasteiger partial charge in [0.05, 0.1) is 5.70 Å². The quantitative estimate of drug-likeness (QED) is 0.782. The zero-order valence-corrected chi connectivity index (χ0v) is 10.3. The summed E-state index contributed by atoms with van der Waals surface area (Å²) in [6.07, 6.45) is 8.83. The molecule has 0 saturated heterocycles. The molecule has 1 aliphatic heterocycles. The number of nitrogens with zero attached hydrogens (tertiary/aromatic N) is 1. The van der Waals surface area contributed by atoms with Gasteiger partial charge in [0, 0.05) is 24.2 Å². The van der Waals surface area contributed by atoms with E-state index in [2.05, 4.69) is 4.72 Å². The lowest BCUT2D eigenvalue weighted by atomic mass is 10.1. The lowest BCUT2D eigenvalue weighted by molar-refractivity contribution is 0.482. The van der Waals surface area contributed by atoms with Crippen LogP contribution in [0.2, 0.25) is 0 Å². The van der Waals surface area contributed by atoms with Crippen molar-refractivity contribution in [1.82, 2.24) is 9.03 Å². The van der Waals surface area contributed by atoms with E-state index in [1.807, 2.05) is 18.2 Å². The van der Waals surface area contributed by atoms with Crippen molar-refractivity contribution in [2.45, 2.75) is 12.8 Å². The maximum Gasteiger partial charge on any atom is 0.323 e. The summed E-state index contributed by atoms with van der Waals surface area (Å²) < 4.78 is 27.5. The van der Waals surface area contributed by atoms with Gasteiger partial charge in [-0.3, -0.25) is 9.03 Å². The van der Waals surface area contributed by atoms with E-state index in [1.54, 1.807) is 6.20 Å². The highest BCUT2D eigenvalue weighted by Gasteiger charge is 2.26. The van der Waals surface area contributed by atoms with Crippen molar-refractivity contribution in [2.24, 2.45) is 0 Å². The first-order chi connectivity index (χ1) is 7.63. The average Bonchev–Trinajstić information content (AvgIpc) is 2.25. The van der Waals surface area contributed by atoms with E-state index in [1.165, 1.54) is 4.31 Å². The van der Waals surface area contributed by atoms with Crippen LogP contribution in [0, 0.1) is 0 Å². The van der Waals surface area contributed by atoms with Crippen molar-refractivity contribution < 1.29 is 8.42 Å². The maximum absolute atomic E-state index is 11.8. The molecule has 0 spiro atoms. The van der Waals surface area contributed by atoms with E-state index in [-0.39, 0.29) is 0 Å². The fourth-order valence-corrected chi connectivity index (χ4v) is 2.96. The number of fused-ring (bicyclic) bond motifs is 1. The normalized spacial score (nSPS) is 21.9. The van der Waals surface area contributed by atoms with Crippen LogP contribution in [-0.2, 0) is 10.2 Å². The molecular weight excluding hydrogens is 248 g/mol. The second-order valence-corrected chi connectivity index (χ2v) is 5.60. The van der Waals surface area contributed by atoms with Gasteiger partial charge >= 0.3 is 10.2 Å². The van der Waals surface area contributed by atoms with Crippen molar-refractivity contribution in [3.05, 3.63) is 35.7 Å². The number of nitrogens with one attached hydrogen (secondary N) is 1. The molecule has 0 unspecified atom stereocenters. The van der Waals surface area contributed by atoms with Gasteiger partial charge in [-0.25, -0.2) is 0 Å². The van der Waals surface area contributed by atoms with Crippen LogP contribution in [-0.4, -0.2) is 25.1 Å². The minimum absolute atomic E-state index is 0.406. The van der Waals surface area contributed by atoms with E-state index in [4.69, 9.17) is 11.6 Å². The fraction of sp³-hybridized carbons (Fsp3) is 0.400. The Labute approximate surface area is 100 Å². The van der Waals surface area contributed by atoms with Crippen LogP contribution in [0.3, 0.4) is 0 Å². The SMILES string of the molecule is O=S1(=O)NC2=CCC=CC2=CN1CCCCl. The summed E-state index contributed by atoms with van der Waals surface area (Å²) in [5.74, 6) is 0.452. The van der Waals surface area contributed by atoms with E-state index in [0.717, 1.165) is 12.0 Å². The third-order valence-electron chi connectivity index (χ3n) is 2.41. The highest BCUT2D eigenvalue weighted by molar-refractivity contribution is 7.87. The summed E-state index contributed by atoms with van der Waals surface area (Å²) in [6, 6.07) is 0. The number of alkyl halides is 1. The van der Waals surface area contributed by atoms with Gasteiger partial charge in [-0.1, -0.05) is 18.2 Å². The molecule has 0 aromatic rings. The largest absolute Gasteiger partial charge is 0.323 e. The van der Waals surface area contributed by atoms with Gasteiger partial charge < -0.3 is 0 Å². The Morgan fingerprint density at radius 1 is 1.50 bits per heavy atom. The van der Waals surface area contributed by atoms with Crippen LogP contribution in [0.4, 0.5) is 0 Å². The Balaban J connectivity index is 2.28. The summed E-state index contributed by atoms with van der Waals surface area (Å²) in [4.78, 5) is 0. The molecule has 2 aliphatic rings. The standard InChI is InChI=1S/C10H13ClN2O2S/c11-6-3-7-13-8-9-4-1-2-5-10(9)12-16(13,14)15/h1,4-5,8,12H,2-3,6-7H2.